The molecule has 0 aliphatic carbocycles. The molecule has 0 radical (unpaired) electrons. The molecule has 3 aromatic rings. The van der Waals surface area contributed by atoms with Crippen LogP contribution in [0.15, 0.2) is 74.7 Å². The third-order valence-corrected chi connectivity index (χ3v) is 5.57. The average molecular weight is 567 g/mol. The first kappa shape index (κ1) is 23.3. The number of rotatable bonds is 8. The van der Waals surface area contributed by atoms with Crippen molar-refractivity contribution in [3.05, 3.63) is 91.3 Å². The van der Waals surface area contributed by atoms with Crippen LogP contribution >= 0.6 is 43.5 Å². The smallest absolute Gasteiger partial charge is 0.272 e. The molecule has 3 rings (SSSR count). The van der Waals surface area contributed by atoms with Crippen LogP contribution in [0.5, 0.6) is 11.5 Å². The summed E-state index contributed by atoms with van der Waals surface area (Å²) in [6.45, 7) is 2.77. The molecule has 0 aliphatic heterocycles. The van der Waals surface area contributed by atoms with Crippen molar-refractivity contribution in [2.24, 2.45) is 5.10 Å². The summed E-state index contributed by atoms with van der Waals surface area (Å²) < 4.78 is 13.5. The van der Waals surface area contributed by atoms with Crippen LogP contribution in [0.2, 0.25) is 5.02 Å². The van der Waals surface area contributed by atoms with Gasteiger partial charge in [0.25, 0.3) is 5.91 Å². The van der Waals surface area contributed by atoms with Gasteiger partial charge in [0, 0.05) is 4.47 Å². The fourth-order valence-electron chi connectivity index (χ4n) is 2.67. The van der Waals surface area contributed by atoms with E-state index in [4.69, 9.17) is 21.1 Å². The second kappa shape index (κ2) is 11.3. The van der Waals surface area contributed by atoms with Crippen molar-refractivity contribution in [2.45, 2.75) is 13.5 Å². The van der Waals surface area contributed by atoms with Crippen molar-refractivity contribution >= 4 is 55.6 Å². The highest BCUT2D eigenvalue weighted by Gasteiger charge is 2.13. The molecule has 0 saturated heterocycles. The van der Waals surface area contributed by atoms with Gasteiger partial charge in [-0.15, -0.1) is 0 Å². The topological polar surface area (TPSA) is 59.9 Å². The van der Waals surface area contributed by atoms with E-state index in [1.54, 1.807) is 30.3 Å². The van der Waals surface area contributed by atoms with Crippen molar-refractivity contribution in [3.8, 4) is 11.5 Å². The number of carbonyl (C=O) groups excluding carboxylic acids is 1. The van der Waals surface area contributed by atoms with Crippen LogP contribution in [0.1, 0.15) is 28.4 Å². The number of hydrogen-bond acceptors (Lipinski definition) is 4. The van der Waals surface area contributed by atoms with Crippen molar-refractivity contribution in [1.29, 1.82) is 0 Å². The van der Waals surface area contributed by atoms with E-state index in [0.29, 0.717) is 35.3 Å². The van der Waals surface area contributed by atoms with Crippen molar-refractivity contribution in [3.63, 3.8) is 0 Å². The van der Waals surface area contributed by atoms with Gasteiger partial charge in [-0.25, -0.2) is 5.43 Å². The molecule has 160 valence electrons. The van der Waals surface area contributed by atoms with Gasteiger partial charge in [0.05, 0.1) is 27.9 Å². The molecule has 0 atom stereocenters. The zero-order chi connectivity index (χ0) is 22.2. The Morgan fingerprint density at radius 3 is 2.55 bits per heavy atom. The summed E-state index contributed by atoms with van der Waals surface area (Å²) in [7, 11) is 0. The predicted molar refractivity (Wildman–Crippen MR) is 130 cm³/mol. The highest BCUT2D eigenvalue weighted by atomic mass is 79.9. The molecule has 0 saturated carbocycles. The van der Waals surface area contributed by atoms with Crippen LogP contribution in [0, 0.1) is 0 Å². The second-order valence-corrected chi connectivity index (χ2v) is 8.53. The number of hydrazone groups is 1. The fourth-order valence-corrected chi connectivity index (χ4v) is 3.73. The maximum Gasteiger partial charge on any atom is 0.272 e. The molecule has 0 aliphatic rings. The Bertz CT molecular complexity index is 1090. The Labute approximate surface area is 202 Å². The van der Waals surface area contributed by atoms with Crippen LogP contribution in [0.4, 0.5) is 0 Å². The summed E-state index contributed by atoms with van der Waals surface area (Å²) >= 11 is 13.0. The summed E-state index contributed by atoms with van der Waals surface area (Å²) in [5.74, 6) is 0.787. The second-order valence-electron chi connectivity index (χ2n) is 6.36. The molecule has 31 heavy (non-hydrogen) atoms. The molecule has 1 N–H and O–H groups in total. The molecule has 0 spiro atoms. The molecular formula is C23H19Br2ClN2O3. The van der Waals surface area contributed by atoms with Gasteiger partial charge >= 0.3 is 0 Å². The Morgan fingerprint density at radius 1 is 1.10 bits per heavy atom. The summed E-state index contributed by atoms with van der Waals surface area (Å²) in [5.41, 5.74) is 4.60. The molecule has 0 heterocycles. The Balaban J connectivity index is 1.73. The SMILES string of the molecule is CCOc1cc(/C=N\NC(=O)c2ccccc2Cl)cc(Br)c1OCc1ccc(Br)cc1. The molecule has 0 fully saturated rings. The van der Waals surface area contributed by atoms with E-state index in [9.17, 15) is 4.79 Å². The fraction of sp³-hybridized carbons (Fsp3) is 0.130. The minimum Gasteiger partial charge on any atom is -0.490 e. The van der Waals surface area contributed by atoms with Gasteiger partial charge in [0.1, 0.15) is 6.61 Å². The standard InChI is InChI=1S/C23H19Br2ClN2O3/c1-2-30-21-12-16(13-27-28-23(29)18-5-3-4-6-20(18)26)11-19(25)22(21)31-14-15-7-9-17(24)10-8-15/h3-13H,2,14H2,1H3,(H,28,29)/b27-13-. The van der Waals surface area contributed by atoms with E-state index in [1.807, 2.05) is 37.3 Å². The zero-order valence-corrected chi connectivity index (χ0v) is 20.5. The first-order chi connectivity index (χ1) is 15.0. The largest absolute Gasteiger partial charge is 0.490 e. The van der Waals surface area contributed by atoms with Gasteiger partial charge in [-0.1, -0.05) is 51.8 Å². The van der Waals surface area contributed by atoms with Crippen LogP contribution in [-0.2, 0) is 6.61 Å². The van der Waals surface area contributed by atoms with E-state index in [1.165, 1.54) is 6.21 Å². The number of carbonyl (C=O) groups is 1. The van der Waals surface area contributed by atoms with Gasteiger partial charge in [-0.2, -0.15) is 5.10 Å². The van der Waals surface area contributed by atoms with Gasteiger partial charge in [0.2, 0.25) is 0 Å². The number of halogens is 3. The molecule has 1 amide bonds. The maximum atomic E-state index is 12.2. The molecule has 5 nitrogen and oxygen atoms in total. The van der Waals surface area contributed by atoms with Crippen LogP contribution in [0.3, 0.4) is 0 Å². The quantitative estimate of drug-likeness (QED) is 0.247. The van der Waals surface area contributed by atoms with Crippen LogP contribution in [0.25, 0.3) is 0 Å². The monoisotopic (exact) mass is 564 g/mol. The van der Waals surface area contributed by atoms with Gasteiger partial charge in [0.15, 0.2) is 11.5 Å². The lowest BCUT2D eigenvalue weighted by Crippen LogP contribution is -2.17. The highest BCUT2D eigenvalue weighted by Crippen LogP contribution is 2.37. The Kier molecular flexibility index (Phi) is 8.51. The van der Waals surface area contributed by atoms with E-state index in [2.05, 4.69) is 42.4 Å². The number of amides is 1. The summed E-state index contributed by atoms with van der Waals surface area (Å²) in [5, 5.41) is 4.39. The van der Waals surface area contributed by atoms with Crippen molar-refractivity contribution < 1.29 is 14.3 Å². The number of nitrogens with zero attached hydrogens (tertiary/aromatic N) is 1. The normalized spacial score (nSPS) is 10.8. The van der Waals surface area contributed by atoms with E-state index < -0.39 is 0 Å². The van der Waals surface area contributed by atoms with Gasteiger partial charge < -0.3 is 9.47 Å². The van der Waals surface area contributed by atoms with Gasteiger partial charge in [-0.05, 0) is 70.4 Å². The predicted octanol–water partition coefficient (Wildman–Crippen LogP) is 6.61. The number of hydrogen-bond donors (Lipinski definition) is 1. The average Bonchev–Trinajstić information content (AvgIpc) is 2.75. The third kappa shape index (κ3) is 6.56. The molecule has 8 heteroatoms. The van der Waals surface area contributed by atoms with Crippen LogP contribution < -0.4 is 14.9 Å². The van der Waals surface area contributed by atoms with Crippen LogP contribution in [-0.4, -0.2) is 18.7 Å². The van der Waals surface area contributed by atoms with E-state index in [0.717, 1.165) is 20.1 Å². The van der Waals surface area contributed by atoms with Crippen molar-refractivity contribution in [1.82, 2.24) is 5.43 Å². The molecule has 0 unspecified atom stereocenters. The summed E-state index contributed by atoms with van der Waals surface area (Å²) in [6.07, 6.45) is 1.53. The number of ether oxygens (including phenoxy) is 2. The first-order valence-corrected chi connectivity index (χ1v) is 11.4. The number of benzene rings is 3. The minimum absolute atomic E-state index is 0.356. The zero-order valence-electron chi connectivity index (χ0n) is 16.6. The highest BCUT2D eigenvalue weighted by molar-refractivity contribution is 9.10. The maximum absolute atomic E-state index is 12.2. The lowest BCUT2D eigenvalue weighted by Gasteiger charge is -2.14. The Morgan fingerprint density at radius 2 is 1.84 bits per heavy atom. The molecular weight excluding hydrogens is 548 g/mol. The van der Waals surface area contributed by atoms with E-state index >= 15 is 0 Å². The summed E-state index contributed by atoms with van der Waals surface area (Å²) in [6, 6.07) is 18.3. The first-order valence-electron chi connectivity index (χ1n) is 9.39. The Hall–Kier alpha value is -2.35. The van der Waals surface area contributed by atoms with Crippen molar-refractivity contribution in [2.75, 3.05) is 6.61 Å². The molecule has 0 aromatic heterocycles. The molecule has 3 aromatic carbocycles. The van der Waals surface area contributed by atoms with Gasteiger partial charge in [-0.3, -0.25) is 4.79 Å². The third-order valence-electron chi connectivity index (χ3n) is 4.13. The summed E-state index contributed by atoms with van der Waals surface area (Å²) in [4.78, 5) is 12.2. The lowest BCUT2D eigenvalue weighted by molar-refractivity contribution is 0.0955. The number of nitrogens with one attached hydrogen (secondary N) is 1. The lowest BCUT2D eigenvalue weighted by atomic mass is 10.2. The molecule has 0 bridgehead atoms. The van der Waals surface area contributed by atoms with E-state index in [-0.39, 0.29) is 5.91 Å². The minimum atomic E-state index is -0.389.